The number of nitrogens with zero attached hydrogens (tertiary/aromatic N) is 2. The molecule has 0 spiro atoms. The molecular formula is C22H22N2O4S. The van der Waals surface area contributed by atoms with Gasteiger partial charge in [-0.2, -0.15) is 4.31 Å². The van der Waals surface area contributed by atoms with Crippen LogP contribution >= 0.6 is 0 Å². The van der Waals surface area contributed by atoms with Crippen molar-refractivity contribution in [2.45, 2.75) is 31.6 Å². The standard InChI is InChI=1S/C22H22N2O4S/c1-14-5-7-17(15(2)11-14)21-13-19(22(25)26)18-12-16(6-8-20(18)23-21)29(27,28)24-9-3-4-10-24/h5-8,11-13H,3-4,9-10H2,1-2H3,(H,25,26). The van der Waals surface area contributed by atoms with Crippen molar-refractivity contribution >= 4 is 26.9 Å². The number of hydrogen-bond acceptors (Lipinski definition) is 4. The molecule has 29 heavy (non-hydrogen) atoms. The molecule has 2 aromatic carbocycles. The van der Waals surface area contributed by atoms with Crippen molar-refractivity contribution in [3.8, 4) is 11.3 Å². The number of hydrogen-bond donors (Lipinski definition) is 1. The first-order valence-electron chi connectivity index (χ1n) is 9.53. The zero-order valence-corrected chi connectivity index (χ0v) is 17.2. The van der Waals surface area contributed by atoms with E-state index in [1.807, 2.05) is 32.0 Å². The summed E-state index contributed by atoms with van der Waals surface area (Å²) in [6, 6.07) is 12.0. The Morgan fingerprint density at radius 3 is 2.41 bits per heavy atom. The highest BCUT2D eigenvalue weighted by molar-refractivity contribution is 7.89. The van der Waals surface area contributed by atoms with Crippen LogP contribution in [0.5, 0.6) is 0 Å². The van der Waals surface area contributed by atoms with E-state index in [0.717, 1.165) is 29.5 Å². The molecular weight excluding hydrogens is 388 g/mol. The normalized spacial score (nSPS) is 15.1. The topological polar surface area (TPSA) is 87.6 Å². The van der Waals surface area contributed by atoms with Crippen LogP contribution in [0.4, 0.5) is 0 Å². The summed E-state index contributed by atoms with van der Waals surface area (Å²) in [5, 5.41) is 10.1. The predicted molar refractivity (Wildman–Crippen MR) is 112 cm³/mol. The van der Waals surface area contributed by atoms with Crippen LogP contribution in [0.2, 0.25) is 0 Å². The van der Waals surface area contributed by atoms with Gasteiger partial charge in [-0.25, -0.2) is 18.2 Å². The first-order chi connectivity index (χ1) is 13.8. The number of sulfonamides is 1. The van der Waals surface area contributed by atoms with Crippen LogP contribution in [0, 0.1) is 13.8 Å². The molecule has 1 aliphatic heterocycles. The molecule has 7 heteroatoms. The van der Waals surface area contributed by atoms with Gasteiger partial charge in [-0.1, -0.05) is 23.8 Å². The Kier molecular flexibility index (Phi) is 4.88. The molecule has 1 aliphatic rings. The maximum absolute atomic E-state index is 12.9. The molecule has 0 atom stereocenters. The lowest BCUT2D eigenvalue weighted by Crippen LogP contribution is -2.27. The van der Waals surface area contributed by atoms with Gasteiger partial charge < -0.3 is 5.11 Å². The Balaban J connectivity index is 1.89. The number of carboxylic acid groups (broad SMARTS) is 1. The highest BCUT2D eigenvalue weighted by Crippen LogP contribution is 2.30. The summed E-state index contributed by atoms with van der Waals surface area (Å²) in [5.74, 6) is -1.11. The minimum atomic E-state index is -3.63. The van der Waals surface area contributed by atoms with Crippen molar-refractivity contribution in [3.05, 3.63) is 59.2 Å². The van der Waals surface area contributed by atoms with Crippen molar-refractivity contribution in [3.63, 3.8) is 0 Å². The monoisotopic (exact) mass is 410 g/mol. The summed E-state index contributed by atoms with van der Waals surface area (Å²) in [6.07, 6.45) is 1.68. The maximum atomic E-state index is 12.9. The van der Waals surface area contributed by atoms with Gasteiger partial charge >= 0.3 is 5.97 Å². The average Bonchev–Trinajstić information content (AvgIpc) is 3.22. The van der Waals surface area contributed by atoms with Crippen molar-refractivity contribution in [1.29, 1.82) is 0 Å². The number of carboxylic acids is 1. The quantitative estimate of drug-likeness (QED) is 0.702. The molecule has 1 saturated heterocycles. The zero-order valence-electron chi connectivity index (χ0n) is 16.3. The van der Waals surface area contributed by atoms with Crippen molar-refractivity contribution in [1.82, 2.24) is 9.29 Å². The van der Waals surface area contributed by atoms with E-state index in [0.29, 0.717) is 29.7 Å². The van der Waals surface area contributed by atoms with Crippen LogP contribution in [-0.2, 0) is 10.0 Å². The lowest BCUT2D eigenvalue weighted by Gasteiger charge is -2.16. The fourth-order valence-electron chi connectivity index (χ4n) is 3.86. The zero-order chi connectivity index (χ0) is 20.8. The van der Waals surface area contributed by atoms with E-state index in [1.54, 1.807) is 6.07 Å². The van der Waals surface area contributed by atoms with Crippen molar-refractivity contribution in [2.24, 2.45) is 0 Å². The Bertz CT molecular complexity index is 1230. The molecule has 1 N–H and O–H groups in total. The van der Waals surface area contributed by atoms with Crippen LogP contribution < -0.4 is 0 Å². The third-order valence-corrected chi connectivity index (χ3v) is 7.27. The highest BCUT2D eigenvalue weighted by atomic mass is 32.2. The summed E-state index contributed by atoms with van der Waals surface area (Å²) in [6.45, 7) is 4.95. The summed E-state index contributed by atoms with van der Waals surface area (Å²) in [7, 11) is -3.63. The SMILES string of the molecule is Cc1ccc(-c2cc(C(=O)O)c3cc(S(=O)(=O)N4CCCC4)ccc3n2)c(C)c1. The van der Waals surface area contributed by atoms with Gasteiger partial charge in [0.15, 0.2) is 0 Å². The van der Waals surface area contributed by atoms with E-state index in [2.05, 4.69) is 4.98 Å². The molecule has 1 aromatic heterocycles. The summed E-state index contributed by atoms with van der Waals surface area (Å²) in [4.78, 5) is 16.7. The fraction of sp³-hybridized carbons (Fsp3) is 0.273. The molecule has 4 rings (SSSR count). The predicted octanol–water partition coefficient (Wildman–Crippen LogP) is 4.00. The second-order valence-corrected chi connectivity index (χ2v) is 9.41. The molecule has 0 saturated carbocycles. The maximum Gasteiger partial charge on any atom is 0.336 e. The molecule has 6 nitrogen and oxygen atoms in total. The third kappa shape index (κ3) is 3.52. The molecule has 0 unspecified atom stereocenters. The van der Waals surface area contributed by atoms with Crippen LogP contribution in [0.3, 0.4) is 0 Å². The number of aromatic carboxylic acids is 1. The van der Waals surface area contributed by atoms with Gasteiger partial charge in [0.2, 0.25) is 10.0 Å². The first-order valence-corrected chi connectivity index (χ1v) is 11.0. The Hall–Kier alpha value is -2.77. The lowest BCUT2D eigenvalue weighted by atomic mass is 9.99. The van der Waals surface area contributed by atoms with E-state index >= 15 is 0 Å². The summed E-state index contributed by atoms with van der Waals surface area (Å²) >= 11 is 0. The number of aromatic nitrogens is 1. The van der Waals surface area contributed by atoms with E-state index in [1.165, 1.54) is 22.5 Å². The number of pyridine rings is 1. The smallest absolute Gasteiger partial charge is 0.336 e. The van der Waals surface area contributed by atoms with Gasteiger partial charge in [-0.15, -0.1) is 0 Å². The fourth-order valence-corrected chi connectivity index (χ4v) is 5.40. The number of rotatable bonds is 4. The Morgan fingerprint density at radius 1 is 1.03 bits per heavy atom. The van der Waals surface area contributed by atoms with Gasteiger partial charge in [-0.3, -0.25) is 0 Å². The third-order valence-electron chi connectivity index (χ3n) is 5.37. The van der Waals surface area contributed by atoms with Crippen LogP contribution in [0.25, 0.3) is 22.2 Å². The molecule has 150 valence electrons. The first kappa shape index (κ1) is 19.5. The van der Waals surface area contributed by atoms with Crippen molar-refractivity contribution in [2.75, 3.05) is 13.1 Å². The molecule has 0 radical (unpaired) electrons. The average molecular weight is 410 g/mol. The van der Waals surface area contributed by atoms with E-state index in [-0.39, 0.29) is 10.5 Å². The van der Waals surface area contributed by atoms with Gasteiger partial charge in [0.05, 0.1) is 21.7 Å². The van der Waals surface area contributed by atoms with E-state index in [4.69, 9.17) is 0 Å². The van der Waals surface area contributed by atoms with Gasteiger partial charge in [0, 0.05) is 24.0 Å². The number of fused-ring (bicyclic) bond motifs is 1. The van der Waals surface area contributed by atoms with Crippen LogP contribution in [0.15, 0.2) is 47.4 Å². The second-order valence-electron chi connectivity index (χ2n) is 7.47. The van der Waals surface area contributed by atoms with Crippen LogP contribution in [0.1, 0.15) is 34.3 Å². The lowest BCUT2D eigenvalue weighted by molar-refractivity contribution is 0.0699. The molecule has 0 amide bonds. The Labute approximate surface area is 169 Å². The molecule has 2 heterocycles. The van der Waals surface area contributed by atoms with Gasteiger partial charge in [-0.05, 0) is 56.5 Å². The molecule has 0 aliphatic carbocycles. The van der Waals surface area contributed by atoms with Gasteiger partial charge in [0.25, 0.3) is 0 Å². The van der Waals surface area contributed by atoms with E-state index in [9.17, 15) is 18.3 Å². The summed E-state index contributed by atoms with van der Waals surface area (Å²) < 4.78 is 27.2. The van der Waals surface area contributed by atoms with Gasteiger partial charge in [0.1, 0.15) is 0 Å². The molecule has 1 fully saturated rings. The minimum absolute atomic E-state index is 0.0449. The summed E-state index contributed by atoms with van der Waals surface area (Å²) in [5.41, 5.74) is 4.03. The number of aryl methyl sites for hydroxylation is 2. The number of carbonyl (C=O) groups is 1. The largest absolute Gasteiger partial charge is 0.478 e. The number of benzene rings is 2. The molecule has 0 bridgehead atoms. The second kappa shape index (κ2) is 7.24. The van der Waals surface area contributed by atoms with Crippen molar-refractivity contribution < 1.29 is 18.3 Å². The Morgan fingerprint density at radius 2 is 1.76 bits per heavy atom. The van der Waals surface area contributed by atoms with Crippen LogP contribution in [-0.4, -0.2) is 41.9 Å². The van der Waals surface area contributed by atoms with E-state index < -0.39 is 16.0 Å². The molecule has 3 aromatic rings. The minimum Gasteiger partial charge on any atom is -0.478 e. The highest BCUT2D eigenvalue weighted by Gasteiger charge is 2.28.